The van der Waals surface area contributed by atoms with Gasteiger partial charge in [-0.15, -0.1) is 11.3 Å². The summed E-state index contributed by atoms with van der Waals surface area (Å²) in [4.78, 5) is 23.8. The molecule has 0 aliphatic heterocycles. The van der Waals surface area contributed by atoms with Crippen molar-refractivity contribution in [2.75, 3.05) is 11.3 Å². The van der Waals surface area contributed by atoms with Crippen LogP contribution in [0.4, 0.5) is 5.69 Å². The van der Waals surface area contributed by atoms with Crippen molar-refractivity contribution < 1.29 is 18.0 Å². The summed E-state index contributed by atoms with van der Waals surface area (Å²) in [6.45, 7) is 5.29. The predicted molar refractivity (Wildman–Crippen MR) is 102 cm³/mol. The highest BCUT2D eigenvalue weighted by Gasteiger charge is 2.24. The molecule has 0 aliphatic carbocycles. The van der Waals surface area contributed by atoms with Crippen molar-refractivity contribution >= 4 is 38.9 Å². The molecule has 0 aliphatic rings. The number of amides is 2. The van der Waals surface area contributed by atoms with Gasteiger partial charge in [-0.05, 0) is 44.4 Å². The van der Waals surface area contributed by atoms with Crippen molar-refractivity contribution in [3.63, 3.8) is 0 Å². The van der Waals surface area contributed by atoms with E-state index in [4.69, 9.17) is 0 Å². The largest absolute Gasteiger partial charge is 0.352 e. The third-order valence-electron chi connectivity index (χ3n) is 3.29. The molecule has 0 spiro atoms. The Hall–Kier alpha value is -2.39. The maximum Gasteiger partial charge on any atom is 0.263 e. The average Bonchev–Trinajstić information content (AvgIpc) is 3.05. The van der Waals surface area contributed by atoms with E-state index in [0.29, 0.717) is 5.69 Å². The number of hydrogen-bond acceptors (Lipinski definition) is 5. The standard InChI is InChI=1S/C17H21N3O4S2/c1-11(2)19-15(21)10-18-17(22)16-14(8-9-25-16)26(23,24)20-13-6-4-12(3)5-7-13/h4-9,11,20H,10H2,1-3H3,(H,18,22)(H,19,21). The molecule has 0 unspecified atom stereocenters. The van der Waals surface area contributed by atoms with E-state index in [1.807, 2.05) is 6.92 Å². The number of anilines is 1. The third kappa shape index (κ3) is 5.30. The first-order valence-electron chi connectivity index (χ1n) is 7.93. The molecule has 0 fully saturated rings. The van der Waals surface area contributed by atoms with E-state index in [0.717, 1.165) is 16.9 Å². The number of thiophene rings is 1. The summed E-state index contributed by atoms with van der Waals surface area (Å²) in [5, 5.41) is 6.61. The van der Waals surface area contributed by atoms with Crippen molar-refractivity contribution in [3.8, 4) is 0 Å². The second-order valence-corrected chi connectivity index (χ2v) is 8.56. The molecule has 0 saturated heterocycles. The van der Waals surface area contributed by atoms with Gasteiger partial charge in [-0.3, -0.25) is 14.3 Å². The maximum atomic E-state index is 12.6. The molecule has 140 valence electrons. The Morgan fingerprint density at radius 3 is 2.38 bits per heavy atom. The molecule has 2 rings (SSSR count). The molecular formula is C17H21N3O4S2. The number of carbonyl (C=O) groups excluding carboxylic acids is 2. The molecule has 0 saturated carbocycles. The van der Waals surface area contributed by atoms with E-state index in [9.17, 15) is 18.0 Å². The molecule has 3 N–H and O–H groups in total. The second kappa shape index (κ2) is 8.33. The van der Waals surface area contributed by atoms with Crippen LogP contribution in [0.3, 0.4) is 0 Å². The van der Waals surface area contributed by atoms with Gasteiger partial charge in [-0.2, -0.15) is 0 Å². The summed E-state index contributed by atoms with van der Waals surface area (Å²) in [7, 11) is -3.92. The molecule has 0 bridgehead atoms. The highest BCUT2D eigenvalue weighted by molar-refractivity contribution is 7.93. The van der Waals surface area contributed by atoms with Gasteiger partial charge in [0.1, 0.15) is 9.77 Å². The first-order valence-corrected chi connectivity index (χ1v) is 10.3. The lowest BCUT2D eigenvalue weighted by molar-refractivity contribution is -0.120. The van der Waals surface area contributed by atoms with Crippen LogP contribution >= 0.6 is 11.3 Å². The number of sulfonamides is 1. The summed E-state index contributed by atoms with van der Waals surface area (Å²) in [6.07, 6.45) is 0. The SMILES string of the molecule is Cc1ccc(NS(=O)(=O)c2ccsc2C(=O)NCC(=O)NC(C)C)cc1. The van der Waals surface area contributed by atoms with Crippen LogP contribution in [0, 0.1) is 6.92 Å². The van der Waals surface area contributed by atoms with E-state index in [1.165, 1.54) is 11.4 Å². The summed E-state index contributed by atoms with van der Waals surface area (Å²) in [6, 6.07) is 8.18. The molecule has 9 heteroatoms. The van der Waals surface area contributed by atoms with Crippen LogP contribution in [0.25, 0.3) is 0 Å². The van der Waals surface area contributed by atoms with Gasteiger partial charge in [0.05, 0.1) is 6.54 Å². The average molecular weight is 396 g/mol. The lowest BCUT2D eigenvalue weighted by Crippen LogP contribution is -2.39. The van der Waals surface area contributed by atoms with Crippen LogP contribution in [0.1, 0.15) is 29.1 Å². The van der Waals surface area contributed by atoms with Crippen molar-refractivity contribution in [3.05, 3.63) is 46.2 Å². The van der Waals surface area contributed by atoms with E-state index >= 15 is 0 Å². The molecule has 26 heavy (non-hydrogen) atoms. The number of rotatable bonds is 7. The number of carbonyl (C=O) groups is 2. The van der Waals surface area contributed by atoms with E-state index in [2.05, 4.69) is 15.4 Å². The highest BCUT2D eigenvalue weighted by Crippen LogP contribution is 2.24. The maximum absolute atomic E-state index is 12.6. The Labute approximate surface area is 156 Å². The van der Waals surface area contributed by atoms with Crippen LogP contribution in [-0.2, 0) is 14.8 Å². The topological polar surface area (TPSA) is 104 Å². The van der Waals surface area contributed by atoms with Crippen LogP contribution < -0.4 is 15.4 Å². The van der Waals surface area contributed by atoms with E-state index in [1.54, 1.807) is 38.1 Å². The minimum atomic E-state index is -3.92. The van der Waals surface area contributed by atoms with Crippen molar-refractivity contribution in [1.82, 2.24) is 10.6 Å². The van der Waals surface area contributed by atoms with Gasteiger partial charge in [0.15, 0.2) is 0 Å². The first kappa shape index (κ1) is 19.9. The minimum Gasteiger partial charge on any atom is -0.352 e. The lowest BCUT2D eigenvalue weighted by Gasteiger charge is -2.11. The van der Waals surface area contributed by atoms with Crippen LogP contribution in [0.15, 0.2) is 40.6 Å². The molecule has 1 aromatic carbocycles. The predicted octanol–water partition coefficient (Wildman–Crippen LogP) is 2.11. The Morgan fingerprint density at radius 1 is 1.12 bits per heavy atom. The van der Waals surface area contributed by atoms with Crippen molar-refractivity contribution in [2.24, 2.45) is 0 Å². The Balaban J connectivity index is 2.12. The molecule has 2 amide bonds. The summed E-state index contributed by atoms with van der Waals surface area (Å²) >= 11 is 1.00. The fraction of sp³-hybridized carbons (Fsp3) is 0.294. The first-order chi connectivity index (χ1) is 12.2. The Bertz CT molecular complexity index is 887. The van der Waals surface area contributed by atoms with Gasteiger partial charge in [-0.1, -0.05) is 17.7 Å². The fourth-order valence-corrected chi connectivity index (χ4v) is 4.52. The van der Waals surface area contributed by atoms with Crippen LogP contribution in [-0.4, -0.2) is 32.8 Å². The smallest absolute Gasteiger partial charge is 0.263 e. The van der Waals surface area contributed by atoms with Gasteiger partial charge in [0.25, 0.3) is 15.9 Å². The van der Waals surface area contributed by atoms with Gasteiger partial charge in [0, 0.05) is 11.7 Å². The van der Waals surface area contributed by atoms with Crippen LogP contribution in [0.2, 0.25) is 0 Å². The molecule has 0 radical (unpaired) electrons. The summed E-state index contributed by atoms with van der Waals surface area (Å²) in [5.41, 5.74) is 1.41. The Kier molecular flexibility index (Phi) is 6.38. The minimum absolute atomic E-state index is 0.0296. The quantitative estimate of drug-likeness (QED) is 0.668. The monoisotopic (exact) mass is 395 g/mol. The van der Waals surface area contributed by atoms with Crippen molar-refractivity contribution in [2.45, 2.75) is 31.7 Å². The highest BCUT2D eigenvalue weighted by atomic mass is 32.2. The molecular weight excluding hydrogens is 374 g/mol. The lowest BCUT2D eigenvalue weighted by atomic mass is 10.2. The van der Waals surface area contributed by atoms with Gasteiger partial charge < -0.3 is 10.6 Å². The molecule has 7 nitrogen and oxygen atoms in total. The second-order valence-electron chi connectivity index (χ2n) is 5.99. The fourth-order valence-electron chi connectivity index (χ4n) is 2.12. The number of nitrogens with one attached hydrogen (secondary N) is 3. The third-order valence-corrected chi connectivity index (χ3v) is 5.75. The molecule has 1 heterocycles. The van der Waals surface area contributed by atoms with Gasteiger partial charge in [-0.25, -0.2) is 8.42 Å². The molecule has 2 aromatic rings. The number of benzene rings is 1. The molecule has 1 aromatic heterocycles. The van der Waals surface area contributed by atoms with E-state index in [-0.39, 0.29) is 28.3 Å². The van der Waals surface area contributed by atoms with Gasteiger partial charge in [0.2, 0.25) is 5.91 Å². The van der Waals surface area contributed by atoms with Gasteiger partial charge >= 0.3 is 0 Å². The zero-order chi connectivity index (χ0) is 19.3. The zero-order valence-electron chi connectivity index (χ0n) is 14.7. The number of aryl methyl sites for hydroxylation is 1. The Morgan fingerprint density at radius 2 is 1.77 bits per heavy atom. The molecule has 0 atom stereocenters. The normalized spacial score (nSPS) is 11.2. The van der Waals surface area contributed by atoms with Crippen molar-refractivity contribution in [1.29, 1.82) is 0 Å². The van der Waals surface area contributed by atoms with Crippen LogP contribution in [0.5, 0.6) is 0 Å². The van der Waals surface area contributed by atoms with E-state index < -0.39 is 15.9 Å². The zero-order valence-corrected chi connectivity index (χ0v) is 16.3. The summed E-state index contributed by atoms with van der Waals surface area (Å²) < 4.78 is 27.6. The summed E-state index contributed by atoms with van der Waals surface area (Å²) in [5.74, 6) is -0.949. The number of hydrogen-bond donors (Lipinski definition) is 3.